The van der Waals surface area contributed by atoms with E-state index in [1.807, 2.05) is 24.3 Å². The zero-order valence-electron chi connectivity index (χ0n) is 11.7. The molecule has 1 saturated heterocycles. The van der Waals surface area contributed by atoms with Crippen LogP contribution in [0, 0.1) is 0 Å². The fraction of sp³-hybridized carbons (Fsp3) is 0.267. The van der Waals surface area contributed by atoms with E-state index >= 15 is 0 Å². The van der Waals surface area contributed by atoms with Crippen LogP contribution >= 0.6 is 0 Å². The molecular weight excluding hydrogens is 268 g/mol. The van der Waals surface area contributed by atoms with Crippen LogP contribution in [-0.2, 0) is 4.79 Å². The molecule has 108 valence electrons. The van der Waals surface area contributed by atoms with Crippen molar-refractivity contribution in [3.63, 3.8) is 0 Å². The second-order valence-corrected chi connectivity index (χ2v) is 4.90. The van der Waals surface area contributed by atoms with Gasteiger partial charge in [0, 0.05) is 25.5 Å². The van der Waals surface area contributed by atoms with Gasteiger partial charge in [0.05, 0.1) is 6.54 Å². The molecule has 6 heteroatoms. The number of hydrogen-bond donors (Lipinski definition) is 2. The van der Waals surface area contributed by atoms with Crippen LogP contribution in [0.2, 0.25) is 0 Å². The van der Waals surface area contributed by atoms with E-state index in [0.29, 0.717) is 24.6 Å². The molecule has 2 amide bonds. The predicted octanol–water partition coefficient (Wildman–Crippen LogP) is 0.848. The number of nitrogens with one attached hydrogen (secondary N) is 2. The number of carbonyl (C=O) groups excluding carboxylic acids is 2. The van der Waals surface area contributed by atoms with E-state index in [9.17, 15) is 9.59 Å². The predicted molar refractivity (Wildman–Crippen MR) is 80.2 cm³/mol. The number of benzene rings is 1. The second-order valence-electron chi connectivity index (χ2n) is 4.90. The number of pyridine rings is 1. The molecule has 21 heavy (non-hydrogen) atoms. The first kappa shape index (κ1) is 13.4. The molecule has 2 aromatic rings. The summed E-state index contributed by atoms with van der Waals surface area (Å²) >= 11 is 0. The topological polar surface area (TPSA) is 74.3 Å². The molecule has 1 aromatic heterocycles. The van der Waals surface area contributed by atoms with E-state index in [1.54, 1.807) is 13.1 Å². The number of hydrogen-bond acceptors (Lipinski definition) is 4. The maximum atomic E-state index is 12.5. The molecule has 1 fully saturated rings. The van der Waals surface area contributed by atoms with Crippen molar-refractivity contribution in [2.75, 3.05) is 32.0 Å². The Morgan fingerprint density at radius 3 is 2.95 bits per heavy atom. The summed E-state index contributed by atoms with van der Waals surface area (Å²) in [6.45, 7) is 1.08. The first-order valence-electron chi connectivity index (χ1n) is 6.82. The van der Waals surface area contributed by atoms with Gasteiger partial charge in [-0.25, -0.2) is 4.98 Å². The molecule has 3 rings (SSSR count). The van der Waals surface area contributed by atoms with Crippen LogP contribution in [0.3, 0.4) is 0 Å². The molecular formula is C15H16N4O2. The third-order valence-electron chi connectivity index (χ3n) is 3.52. The zero-order valence-corrected chi connectivity index (χ0v) is 11.7. The molecule has 1 aliphatic heterocycles. The lowest BCUT2D eigenvalue weighted by Gasteiger charge is -2.26. The van der Waals surface area contributed by atoms with Gasteiger partial charge in [-0.2, -0.15) is 0 Å². The van der Waals surface area contributed by atoms with Crippen LogP contribution in [0.5, 0.6) is 0 Å². The number of nitrogens with zero attached hydrogens (tertiary/aromatic N) is 2. The lowest BCUT2D eigenvalue weighted by Crippen LogP contribution is -2.50. The number of anilines is 1. The van der Waals surface area contributed by atoms with Crippen molar-refractivity contribution in [1.82, 2.24) is 15.2 Å². The highest BCUT2D eigenvalue weighted by atomic mass is 16.2. The van der Waals surface area contributed by atoms with Crippen molar-refractivity contribution in [3.8, 4) is 0 Å². The summed E-state index contributed by atoms with van der Waals surface area (Å²) in [4.78, 5) is 29.8. The first-order valence-corrected chi connectivity index (χ1v) is 6.82. The molecule has 0 spiro atoms. The molecule has 6 nitrogen and oxygen atoms in total. The van der Waals surface area contributed by atoms with Crippen molar-refractivity contribution in [3.05, 3.63) is 36.0 Å². The summed E-state index contributed by atoms with van der Waals surface area (Å²) in [5.74, 6) is 0.314. The van der Waals surface area contributed by atoms with Crippen LogP contribution < -0.4 is 10.6 Å². The van der Waals surface area contributed by atoms with Gasteiger partial charge >= 0.3 is 0 Å². The molecule has 0 aliphatic carbocycles. The van der Waals surface area contributed by atoms with Crippen LogP contribution in [-0.4, -0.2) is 48.4 Å². The van der Waals surface area contributed by atoms with Gasteiger partial charge in [0.1, 0.15) is 11.5 Å². The number of carbonyl (C=O) groups is 2. The van der Waals surface area contributed by atoms with Gasteiger partial charge in [-0.1, -0.05) is 24.3 Å². The van der Waals surface area contributed by atoms with Gasteiger partial charge in [-0.3, -0.25) is 9.59 Å². The third-order valence-corrected chi connectivity index (χ3v) is 3.52. The van der Waals surface area contributed by atoms with E-state index in [1.165, 1.54) is 4.90 Å². The summed E-state index contributed by atoms with van der Waals surface area (Å²) in [6, 6.07) is 9.52. The van der Waals surface area contributed by atoms with Crippen molar-refractivity contribution in [2.24, 2.45) is 0 Å². The molecule has 1 aliphatic rings. The van der Waals surface area contributed by atoms with E-state index in [-0.39, 0.29) is 18.4 Å². The van der Waals surface area contributed by atoms with Gasteiger partial charge in [-0.05, 0) is 11.5 Å². The van der Waals surface area contributed by atoms with Crippen LogP contribution in [0.25, 0.3) is 10.8 Å². The van der Waals surface area contributed by atoms with E-state index in [2.05, 4.69) is 15.6 Å². The monoisotopic (exact) mass is 284 g/mol. The Bertz CT molecular complexity index is 714. The van der Waals surface area contributed by atoms with Crippen LogP contribution in [0.1, 0.15) is 10.5 Å². The molecule has 0 atom stereocenters. The molecule has 0 radical (unpaired) electrons. The van der Waals surface area contributed by atoms with Crippen molar-refractivity contribution in [1.29, 1.82) is 0 Å². The Morgan fingerprint density at radius 1 is 1.38 bits per heavy atom. The Kier molecular flexibility index (Phi) is 3.43. The van der Waals surface area contributed by atoms with Gasteiger partial charge < -0.3 is 15.5 Å². The zero-order chi connectivity index (χ0) is 14.8. The highest BCUT2D eigenvalue weighted by Gasteiger charge is 2.23. The van der Waals surface area contributed by atoms with Crippen molar-refractivity contribution >= 4 is 28.4 Å². The van der Waals surface area contributed by atoms with Crippen molar-refractivity contribution in [2.45, 2.75) is 0 Å². The standard InChI is InChI=1S/C15H16N4O2/c1-16-14-11-5-3-2-4-10(11)8-12(18-14)15(21)19-7-6-17-13(20)9-19/h2-5,8H,6-7,9H2,1H3,(H,16,18)(H,17,20). The highest BCUT2D eigenvalue weighted by molar-refractivity contribution is 6.01. The normalized spacial score (nSPS) is 14.9. The average Bonchev–Trinajstić information content (AvgIpc) is 2.53. The van der Waals surface area contributed by atoms with E-state index < -0.39 is 0 Å². The van der Waals surface area contributed by atoms with Gasteiger partial charge in [0.2, 0.25) is 5.91 Å². The quantitative estimate of drug-likeness (QED) is 0.857. The maximum Gasteiger partial charge on any atom is 0.273 e. The van der Waals surface area contributed by atoms with Crippen LogP contribution in [0.15, 0.2) is 30.3 Å². The fourth-order valence-corrected chi connectivity index (χ4v) is 2.47. The number of fused-ring (bicyclic) bond motifs is 1. The third kappa shape index (κ3) is 2.52. The van der Waals surface area contributed by atoms with Gasteiger partial charge in [0.25, 0.3) is 5.91 Å². The maximum absolute atomic E-state index is 12.5. The Labute approximate surface area is 122 Å². The van der Waals surface area contributed by atoms with Crippen molar-refractivity contribution < 1.29 is 9.59 Å². The first-order chi connectivity index (χ1) is 10.2. The SMILES string of the molecule is CNc1nc(C(=O)N2CCNC(=O)C2)cc2ccccc12. The molecule has 0 bridgehead atoms. The van der Waals surface area contributed by atoms with E-state index in [0.717, 1.165) is 10.8 Å². The Balaban J connectivity index is 1.99. The smallest absolute Gasteiger partial charge is 0.273 e. The molecule has 1 aromatic carbocycles. The average molecular weight is 284 g/mol. The van der Waals surface area contributed by atoms with Gasteiger partial charge in [-0.15, -0.1) is 0 Å². The van der Waals surface area contributed by atoms with Crippen LogP contribution in [0.4, 0.5) is 5.82 Å². The fourth-order valence-electron chi connectivity index (χ4n) is 2.47. The Hall–Kier alpha value is -2.63. The summed E-state index contributed by atoms with van der Waals surface area (Å²) < 4.78 is 0. The minimum atomic E-state index is -0.216. The lowest BCUT2D eigenvalue weighted by molar-refractivity contribution is -0.123. The second kappa shape index (κ2) is 5.40. The summed E-state index contributed by atoms with van der Waals surface area (Å²) in [5.41, 5.74) is 0.354. The summed E-state index contributed by atoms with van der Waals surface area (Å²) in [6.07, 6.45) is 0. The minimum absolute atomic E-state index is 0.0855. The number of aromatic nitrogens is 1. The molecule has 0 unspecified atom stereocenters. The molecule has 2 N–H and O–H groups in total. The minimum Gasteiger partial charge on any atom is -0.373 e. The van der Waals surface area contributed by atoms with E-state index in [4.69, 9.17) is 0 Å². The number of piperazine rings is 1. The summed E-state index contributed by atoms with van der Waals surface area (Å²) in [5, 5.41) is 7.63. The lowest BCUT2D eigenvalue weighted by atomic mass is 10.1. The largest absolute Gasteiger partial charge is 0.373 e. The molecule has 0 saturated carbocycles. The summed E-state index contributed by atoms with van der Waals surface area (Å²) in [7, 11) is 1.78. The number of rotatable bonds is 2. The number of amides is 2. The van der Waals surface area contributed by atoms with Gasteiger partial charge in [0.15, 0.2) is 0 Å². The molecule has 2 heterocycles. The highest BCUT2D eigenvalue weighted by Crippen LogP contribution is 2.22. The Morgan fingerprint density at radius 2 is 2.19 bits per heavy atom.